The number of anilines is 1. The van der Waals surface area contributed by atoms with Crippen molar-refractivity contribution in [3.8, 4) is 0 Å². The molecule has 4 rings (SSSR count). The monoisotopic (exact) mass is 455 g/mol. The Morgan fingerprint density at radius 2 is 1.42 bits per heavy atom. The lowest BCUT2D eigenvalue weighted by atomic mass is 9.99. The maximum absolute atomic E-state index is 13.3. The standard InChI is InChI=1S/C22H21N3O4S2/c1-30(26,27)24-19-14-12-17(13-15-19)21-16-22(18-8-4-2-5-9-18)25(23-21)31(28,29)20-10-6-3-7-11-20/h2-15,22,24H,16H2,1H3/t22-/m1/s1. The van der Waals surface area contributed by atoms with E-state index in [1.165, 1.54) is 4.41 Å². The van der Waals surface area contributed by atoms with Crippen molar-refractivity contribution >= 4 is 31.4 Å². The van der Waals surface area contributed by atoms with E-state index in [2.05, 4.69) is 9.82 Å². The zero-order chi connectivity index (χ0) is 22.1. The predicted molar refractivity (Wildman–Crippen MR) is 121 cm³/mol. The van der Waals surface area contributed by atoms with Crippen molar-refractivity contribution in [2.45, 2.75) is 17.4 Å². The average molecular weight is 456 g/mol. The first-order chi connectivity index (χ1) is 14.7. The van der Waals surface area contributed by atoms with Crippen LogP contribution in [0.2, 0.25) is 0 Å². The Morgan fingerprint density at radius 3 is 2.00 bits per heavy atom. The quantitative estimate of drug-likeness (QED) is 0.614. The van der Waals surface area contributed by atoms with Gasteiger partial charge in [-0.1, -0.05) is 60.7 Å². The average Bonchev–Trinajstić information content (AvgIpc) is 3.21. The Hall–Kier alpha value is -3.17. The lowest BCUT2D eigenvalue weighted by Gasteiger charge is -2.23. The van der Waals surface area contributed by atoms with Crippen molar-refractivity contribution in [2.24, 2.45) is 5.10 Å². The number of hydrazone groups is 1. The summed E-state index contributed by atoms with van der Waals surface area (Å²) in [6, 6.07) is 23.8. The van der Waals surface area contributed by atoms with Gasteiger partial charge in [0.25, 0.3) is 10.0 Å². The molecule has 0 amide bonds. The molecule has 1 aliphatic rings. The molecule has 9 heteroatoms. The second-order valence-electron chi connectivity index (χ2n) is 7.22. The minimum atomic E-state index is -3.85. The summed E-state index contributed by atoms with van der Waals surface area (Å²) in [6.45, 7) is 0. The van der Waals surface area contributed by atoms with Gasteiger partial charge in [-0.2, -0.15) is 17.9 Å². The van der Waals surface area contributed by atoms with Crippen molar-refractivity contribution in [3.63, 3.8) is 0 Å². The van der Waals surface area contributed by atoms with E-state index in [1.54, 1.807) is 54.6 Å². The summed E-state index contributed by atoms with van der Waals surface area (Å²) in [6.07, 6.45) is 1.48. The van der Waals surface area contributed by atoms with Gasteiger partial charge in [0.05, 0.1) is 22.9 Å². The molecule has 0 unspecified atom stereocenters. The highest BCUT2D eigenvalue weighted by Crippen LogP contribution is 2.37. The molecule has 1 heterocycles. The maximum atomic E-state index is 13.3. The first kappa shape index (κ1) is 21.1. The third kappa shape index (κ3) is 4.62. The lowest BCUT2D eigenvalue weighted by Crippen LogP contribution is -2.27. The normalized spacial score (nSPS) is 16.7. The maximum Gasteiger partial charge on any atom is 0.279 e. The van der Waals surface area contributed by atoms with E-state index in [9.17, 15) is 16.8 Å². The second-order valence-corrected chi connectivity index (χ2v) is 10.8. The number of nitrogens with one attached hydrogen (secondary N) is 1. The molecule has 0 spiro atoms. The number of hydrogen-bond acceptors (Lipinski definition) is 5. The molecular weight excluding hydrogens is 434 g/mol. The fourth-order valence-electron chi connectivity index (χ4n) is 3.45. The Morgan fingerprint density at radius 1 is 0.839 bits per heavy atom. The SMILES string of the molecule is CS(=O)(=O)Nc1ccc(C2=NN(S(=O)(=O)c3ccccc3)[C@@H](c3ccccc3)C2)cc1. The number of nitrogens with zero attached hydrogens (tertiary/aromatic N) is 2. The summed E-state index contributed by atoms with van der Waals surface area (Å²) in [4.78, 5) is 0.175. The summed E-state index contributed by atoms with van der Waals surface area (Å²) in [5, 5.41) is 4.49. The molecule has 0 radical (unpaired) electrons. The van der Waals surface area contributed by atoms with E-state index in [4.69, 9.17) is 0 Å². The highest BCUT2D eigenvalue weighted by molar-refractivity contribution is 7.92. The largest absolute Gasteiger partial charge is 0.284 e. The molecular formula is C22H21N3O4S2. The lowest BCUT2D eigenvalue weighted by molar-refractivity contribution is 0.371. The van der Waals surface area contributed by atoms with Crippen molar-refractivity contribution < 1.29 is 16.8 Å². The van der Waals surface area contributed by atoms with E-state index in [-0.39, 0.29) is 4.90 Å². The number of hydrogen-bond donors (Lipinski definition) is 1. The van der Waals surface area contributed by atoms with Gasteiger partial charge in [0.2, 0.25) is 10.0 Å². The Balaban J connectivity index is 1.72. The highest BCUT2D eigenvalue weighted by atomic mass is 32.2. The van der Waals surface area contributed by atoms with Crippen LogP contribution in [0.5, 0.6) is 0 Å². The fraction of sp³-hybridized carbons (Fsp3) is 0.136. The molecule has 0 saturated heterocycles. The third-order valence-corrected chi connectivity index (χ3v) is 7.17. The van der Waals surface area contributed by atoms with E-state index >= 15 is 0 Å². The topological polar surface area (TPSA) is 95.9 Å². The van der Waals surface area contributed by atoms with Gasteiger partial charge in [-0.15, -0.1) is 0 Å². The Bertz CT molecular complexity index is 1310. The van der Waals surface area contributed by atoms with Crippen molar-refractivity contribution in [2.75, 3.05) is 11.0 Å². The predicted octanol–water partition coefficient (Wildman–Crippen LogP) is 3.60. The first-order valence-electron chi connectivity index (χ1n) is 9.54. The van der Waals surface area contributed by atoms with Crippen LogP contribution in [0.25, 0.3) is 0 Å². The number of benzene rings is 3. The van der Waals surface area contributed by atoms with Gasteiger partial charge < -0.3 is 0 Å². The molecule has 1 aliphatic heterocycles. The van der Waals surface area contributed by atoms with Gasteiger partial charge in [0.15, 0.2) is 0 Å². The number of rotatable bonds is 6. The molecule has 3 aromatic rings. The van der Waals surface area contributed by atoms with Crippen LogP contribution < -0.4 is 4.72 Å². The van der Waals surface area contributed by atoms with Crippen molar-refractivity contribution in [1.29, 1.82) is 0 Å². The van der Waals surface area contributed by atoms with Crippen LogP contribution in [0.1, 0.15) is 23.6 Å². The van der Waals surface area contributed by atoms with Gasteiger partial charge in [0, 0.05) is 12.1 Å². The Labute approximate surface area is 182 Å². The zero-order valence-electron chi connectivity index (χ0n) is 16.7. The molecule has 1 atom stereocenters. The van der Waals surface area contributed by atoms with Crippen LogP contribution in [0.3, 0.4) is 0 Å². The fourth-order valence-corrected chi connectivity index (χ4v) is 5.47. The van der Waals surface area contributed by atoms with E-state index < -0.39 is 26.1 Å². The molecule has 0 bridgehead atoms. The molecule has 160 valence electrons. The molecule has 7 nitrogen and oxygen atoms in total. The van der Waals surface area contributed by atoms with Crippen molar-refractivity contribution in [3.05, 3.63) is 96.1 Å². The summed E-state index contributed by atoms with van der Waals surface area (Å²) in [5.74, 6) is 0. The van der Waals surface area contributed by atoms with Crippen LogP contribution in [-0.2, 0) is 20.0 Å². The molecule has 31 heavy (non-hydrogen) atoms. The molecule has 0 saturated carbocycles. The molecule has 0 aromatic heterocycles. The second kappa shape index (κ2) is 8.16. The zero-order valence-corrected chi connectivity index (χ0v) is 18.3. The minimum Gasteiger partial charge on any atom is -0.284 e. The van der Waals surface area contributed by atoms with E-state index in [0.717, 1.165) is 17.4 Å². The highest BCUT2D eigenvalue weighted by Gasteiger charge is 2.37. The summed E-state index contributed by atoms with van der Waals surface area (Å²) in [5.41, 5.74) is 2.61. The van der Waals surface area contributed by atoms with Crippen LogP contribution in [0, 0.1) is 0 Å². The molecule has 0 fully saturated rings. The summed E-state index contributed by atoms with van der Waals surface area (Å²) >= 11 is 0. The van der Waals surface area contributed by atoms with E-state index in [0.29, 0.717) is 17.8 Å². The molecule has 1 N–H and O–H groups in total. The molecule has 0 aliphatic carbocycles. The van der Waals surface area contributed by atoms with Gasteiger partial charge >= 0.3 is 0 Å². The van der Waals surface area contributed by atoms with E-state index in [1.807, 2.05) is 30.3 Å². The van der Waals surface area contributed by atoms with Crippen LogP contribution in [0.4, 0.5) is 5.69 Å². The minimum absolute atomic E-state index is 0.175. The summed E-state index contributed by atoms with van der Waals surface area (Å²) < 4.78 is 53.1. The smallest absolute Gasteiger partial charge is 0.279 e. The number of sulfonamides is 2. The van der Waals surface area contributed by atoms with Gasteiger partial charge in [0.1, 0.15) is 0 Å². The van der Waals surface area contributed by atoms with Gasteiger partial charge in [-0.3, -0.25) is 4.72 Å². The summed E-state index contributed by atoms with van der Waals surface area (Å²) in [7, 11) is -7.24. The van der Waals surface area contributed by atoms with Crippen LogP contribution >= 0.6 is 0 Å². The van der Waals surface area contributed by atoms with Crippen LogP contribution in [0.15, 0.2) is 94.9 Å². The van der Waals surface area contributed by atoms with Crippen molar-refractivity contribution in [1.82, 2.24) is 4.41 Å². The van der Waals surface area contributed by atoms with Gasteiger partial charge in [-0.25, -0.2) is 8.42 Å². The van der Waals surface area contributed by atoms with Gasteiger partial charge in [-0.05, 0) is 35.4 Å². The first-order valence-corrected chi connectivity index (χ1v) is 12.9. The Kier molecular flexibility index (Phi) is 5.55. The van der Waals surface area contributed by atoms with Crippen LogP contribution in [-0.4, -0.2) is 33.2 Å². The third-order valence-electron chi connectivity index (χ3n) is 4.87. The molecule has 3 aromatic carbocycles.